The Morgan fingerprint density at radius 1 is 0.929 bits per heavy atom. The highest BCUT2D eigenvalue weighted by Gasteiger charge is 2.40. The molecule has 1 saturated heterocycles. The molecule has 1 fully saturated rings. The van der Waals surface area contributed by atoms with Crippen molar-refractivity contribution in [3.63, 3.8) is 0 Å². The third-order valence-corrected chi connectivity index (χ3v) is 5.47. The molecular weight excluding hydrogens is 356 g/mol. The van der Waals surface area contributed by atoms with Gasteiger partial charge in [0.2, 0.25) is 0 Å². The van der Waals surface area contributed by atoms with Crippen LogP contribution in [0.4, 0.5) is 0 Å². The Hall–Kier alpha value is -0.460. The summed E-state index contributed by atoms with van der Waals surface area (Å²) in [7, 11) is 0. The lowest BCUT2D eigenvalue weighted by atomic mass is 10.1. The molecule has 0 radical (unpaired) electrons. The molecular formula is C23H44O5. The van der Waals surface area contributed by atoms with E-state index in [-0.39, 0.29) is 6.61 Å². The summed E-state index contributed by atoms with van der Waals surface area (Å²) in [5.41, 5.74) is 0. The molecule has 0 aromatic carbocycles. The highest BCUT2D eigenvalue weighted by molar-refractivity contribution is 4.88. The monoisotopic (exact) mass is 400 g/mol. The number of hydrogen-bond acceptors (Lipinski definition) is 5. The lowest BCUT2D eigenvalue weighted by Gasteiger charge is -2.20. The molecule has 1 heterocycles. The average molecular weight is 401 g/mol. The summed E-state index contributed by atoms with van der Waals surface area (Å²) < 4.78 is 11.0. The predicted octanol–water partition coefficient (Wildman–Crippen LogP) is 4.13. The molecule has 5 heteroatoms. The zero-order chi connectivity index (χ0) is 20.5. The molecule has 0 aromatic heterocycles. The first kappa shape index (κ1) is 25.6. The van der Waals surface area contributed by atoms with E-state index in [4.69, 9.17) is 14.6 Å². The van der Waals surface area contributed by atoms with Gasteiger partial charge in [-0.1, -0.05) is 70.4 Å². The summed E-state index contributed by atoms with van der Waals surface area (Å²) in [5.74, 6) is 0. The smallest absolute Gasteiger partial charge is 0.114 e. The second-order valence-electron chi connectivity index (χ2n) is 8.03. The predicted molar refractivity (Wildman–Crippen MR) is 113 cm³/mol. The van der Waals surface area contributed by atoms with Crippen molar-refractivity contribution in [3.8, 4) is 0 Å². The van der Waals surface area contributed by atoms with Gasteiger partial charge in [-0.05, 0) is 32.1 Å². The Morgan fingerprint density at radius 2 is 1.50 bits per heavy atom. The summed E-state index contributed by atoms with van der Waals surface area (Å²) in [6.07, 6.45) is 18.1. The highest BCUT2D eigenvalue weighted by Crippen LogP contribution is 2.20. The maximum Gasteiger partial charge on any atom is 0.114 e. The van der Waals surface area contributed by atoms with Crippen LogP contribution in [0.1, 0.15) is 90.4 Å². The lowest BCUT2D eigenvalue weighted by molar-refractivity contribution is -0.0730. The topological polar surface area (TPSA) is 79.2 Å². The van der Waals surface area contributed by atoms with Gasteiger partial charge >= 0.3 is 0 Å². The van der Waals surface area contributed by atoms with E-state index >= 15 is 0 Å². The van der Waals surface area contributed by atoms with Gasteiger partial charge in [0.25, 0.3) is 0 Å². The maximum absolute atomic E-state index is 10.0. The van der Waals surface area contributed by atoms with Crippen LogP contribution < -0.4 is 0 Å². The molecule has 0 aliphatic carbocycles. The van der Waals surface area contributed by atoms with Crippen LogP contribution in [0.2, 0.25) is 0 Å². The van der Waals surface area contributed by atoms with E-state index < -0.39 is 31.0 Å². The molecule has 0 saturated carbocycles. The molecule has 0 unspecified atom stereocenters. The van der Waals surface area contributed by atoms with E-state index in [1.165, 1.54) is 57.8 Å². The number of hydrogen-bond donors (Lipinski definition) is 3. The molecule has 0 spiro atoms. The highest BCUT2D eigenvalue weighted by atomic mass is 16.6. The number of aliphatic hydroxyl groups excluding tert-OH is 3. The molecule has 4 atom stereocenters. The van der Waals surface area contributed by atoms with Crippen molar-refractivity contribution in [1.82, 2.24) is 0 Å². The molecule has 28 heavy (non-hydrogen) atoms. The minimum Gasteiger partial charge on any atom is -0.394 e. The fourth-order valence-electron chi connectivity index (χ4n) is 3.61. The van der Waals surface area contributed by atoms with Crippen molar-refractivity contribution in [1.29, 1.82) is 0 Å². The Morgan fingerprint density at radius 3 is 2.11 bits per heavy atom. The van der Waals surface area contributed by atoms with Crippen LogP contribution in [-0.2, 0) is 9.47 Å². The first-order chi connectivity index (χ1) is 13.7. The number of allylic oxidation sites excluding steroid dienone is 2. The molecule has 0 amide bonds. The summed E-state index contributed by atoms with van der Waals surface area (Å²) in [6.45, 7) is 2.71. The van der Waals surface area contributed by atoms with Crippen LogP contribution in [0.5, 0.6) is 0 Å². The van der Waals surface area contributed by atoms with Gasteiger partial charge in [-0.3, -0.25) is 0 Å². The number of aliphatic hydroxyl groups is 3. The molecule has 3 N–H and O–H groups in total. The second kappa shape index (κ2) is 17.4. The zero-order valence-electron chi connectivity index (χ0n) is 17.9. The maximum atomic E-state index is 10.0. The molecule has 1 aliphatic heterocycles. The molecule has 1 rings (SSSR count). The minimum atomic E-state index is -1.05. The van der Waals surface area contributed by atoms with Crippen molar-refractivity contribution in [2.45, 2.75) is 115 Å². The first-order valence-electron chi connectivity index (χ1n) is 11.6. The third-order valence-electron chi connectivity index (χ3n) is 5.47. The van der Waals surface area contributed by atoms with E-state index in [2.05, 4.69) is 19.1 Å². The average Bonchev–Trinajstić information content (AvgIpc) is 3.07. The van der Waals surface area contributed by atoms with E-state index in [1.54, 1.807) is 0 Å². The van der Waals surface area contributed by atoms with E-state index in [0.717, 1.165) is 25.7 Å². The van der Waals surface area contributed by atoms with Crippen molar-refractivity contribution in [3.05, 3.63) is 12.2 Å². The summed E-state index contributed by atoms with van der Waals surface area (Å²) in [4.78, 5) is 0. The van der Waals surface area contributed by atoms with Gasteiger partial charge in [0, 0.05) is 6.61 Å². The Bertz CT molecular complexity index is 374. The summed E-state index contributed by atoms with van der Waals surface area (Å²) >= 11 is 0. The summed E-state index contributed by atoms with van der Waals surface area (Å²) in [5, 5.41) is 28.5. The minimum absolute atomic E-state index is 0.268. The van der Waals surface area contributed by atoms with Gasteiger partial charge in [-0.15, -0.1) is 0 Å². The first-order valence-corrected chi connectivity index (χ1v) is 11.6. The Balaban J connectivity index is 1.86. The van der Waals surface area contributed by atoms with Crippen LogP contribution in [0.15, 0.2) is 12.2 Å². The van der Waals surface area contributed by atoms with Crippen molar-refractivity contribution >= 4 is 0 Å². The van der Waals surface area contributed by atoms with E-state index in [1.807, 2.05) is 0 Å². The standard InChI is InChI=1S/C23H44O5/c1-2-3-4-5-6-7-8-9-10-11-12-13-14-15-16-17-27-21-19-28-23(22(21)26)20(25)18-24/h11-12,20-26H,2-10,13-19H2,1H3/b12-11+/t20-,21+,22+,23+/m0/s1. The second-order valence-corrected chi connectivity index (χ2v) is 8.03. The SMILES string of the molecule is CCCCCCCCCC/C=C/CCCCCO[C@@H]1CO[C@H]([C@@H](O)CO)[C@@H]1O. The van der Waals surface area contributed by atoms with Crippen molar-refractivity contribution < 1.29 is 24.8 Å². The van der Waals surface area contributed by atoms with Crippen LogP contribution in [0.3, 0.4) is 0 Å². The Kier molecular flexibility index (Phi) is 15.9. The third kappa shape index (κ3) is 11.5. The van der Waals surface area contributed by atoms with Crippen molar-refractivity contribution in [2.24, 2.45) is 0 Å². The molecule has 0 aromatic rings. The van der Waals surface area contributed by atoms with Gasteiger partial charge in [0.05, 0.1) is 13.2 Å². The fraction of sp³-hybridized carbons (Fsp3) is 0.913. The Labute approximate surface area is 172 Å². The van der Waals surface area contributed by atoms with Crippen LogP contribution in [0, 0.1) is 0 Å². The van der Waals surface area contributed by atoms with Crippen LogP contribution in [-0.4, -0.2) is 59.6 Å². The van der Waals surface area contributed by atoms with Crippen LogP contribution >= 0.6 is 0 Å². The number of unbranched alkanes of at least 4 members (excludes halogenated alkanes) is 11. The summed E-state index contributed by atoms with van der Waals surface area (Å²) in [6, 6.07) is 0. The number of rotatable bonds is 18. The van der Waals surface area contributed by atoms with Gasteiger partial charge in [-0.25, -0.2) is 0 Å². The van der Waals surface area contributed by atoms with Gasteiger partial charge in [-0.2, -0.15) is 0 Å². The lowest BCUT2D eigenvalue weighted by Crippen LogP contribution is -2.41. The number of ether oxygens (including phenoxy) is 2. The largest absolute Gasteiger partial charge is 0.394 e. The zero-order valence-corrected chi connectivity index (χ0v) is 17.9. The van der Waals surface area contributed by atoms with Crippen LogP contribution in [0.25, 0.3) is 0 Å². The molecule has 1 aliphatic rings. The van der Waals surface area contributed by atoms with E-state index in [9.17, 15) is 10.2 Å². The van der Waals surface area contributed by atoms with E-state index in [0.29, 0.717) is 6.61 Å². The molecule has 5 nitrogen and oxygen atoms in total. The van der Waals surface area contributed by atoms with Gasteiger partial charge < -0.3 is 24.8 Å². The van der Waals surface area contributed by atoms with Gasteiger partial charge in [0.1, 0.15) is 24.4 Å². The van der Waals surface area contributed by atoms with Gasteiger partial charge in [0.15, 0.2) is 0 Å². The normalized spacial score (nSPS) is 23.6. The molecule has 0 bridgehead atoms. The molecule has 166 valence electrons. The van der Waals surface area contributed by atoms with Crippen molar-refractivity contribution in [2.75, 3.05) is 19.8 Å². The fourth-order valence-corrected chi connectivity index (χ4v) is 3.61. The quantitative estimate of drug-likeness (QED) is 0.238.